The Kier molecular flexibility index (Phi) is 6.47. The van der Waals surface area contributed by atoms with Crippen molar-refractivity contribution in [3.8, 4) is 17.2 Å². The Morgan fingerprint density at radius 2 is 1.94 bits per heavy atom. The van der Waals surface area contributed by atoms with Crippen LogP contribution in [0.4, 0.5) is 5.82 Å². The van der Waals surface area contributed by atoms with Gasteiger partial charge >= 0.3 is 0 Å². The molecule has 3 aromatic heterocycles. The van der Waals surface area contributed by atoms with Gasteiger partial charge in [-0.3, -0.25) is 4.90 Å². The van der Waals surface area contributed by atoms with Crippen LogP contribution in [0.25, 0.3) is 27.4 Å². The van der Waals surface area contributed by atoms with Crippen molar-refractivity contribution in [3.05, 3.63) is 53.0 Å². The molecule has 2 saturated heterocycles. The summed E-state index contributed by atoms with van der Waals surface area (Å²) in [6.45, 7) is 8.43. The highest BCUT2D eigenvalue weighted by Crippen LogP contribution is 2.34. The van der Waals surface area contributed by atoms with Gasteiger partial charge < -0.3 is 14.5 Å². The van der Waals surface area contributed by atoms with Crippen LogP contribution in [-0.2, 0) is 11.3 Å². The normalized spacial score (nSPS) is 19.1. The molecule has 2 aliphatic heterocycles. The predicted molar refractivity (Wildman–Crippen MR) is 145 cm³/mol. The van der Waals surface area contributed by atoms with E-state index >= 15 is 0 Å². The van der Waals surface area contributed by atoms with Gasteiger partial charge in [0, 0.05) is 55.4 Å². The molecule has 9 heteroatoms. The van der Waals surface area contributed by atoms with Crippen molar-refractivity contribution in [2.24, 2.45) is 0 Å². The van der Waals surface area contributed by atoms with Crippen LogP contribution in [0.1, 0.15) is 16.9 Å². The maximum atomic E-state index is 5.62. The molecule has 0 N–H and O–H groups in total. The second-order valence-corrected chi connectivity index (χ2v) is 11.2. The fourth-order valence-corrected chi connectivity index (χ4v) is 6.27. The zero-order valence-corrected chi connectivity index (χ0v) is 22.0. The summed E-state index contributed by atoms with van der Waals surface area (Å²) < 4.78 is 8.59. The molecule has 1 atom stereocenters. The smallest absolute Gasteiger partial charge is 0.253 e. The third-order valence-electron chi connectivity index (χ3n) is 7.17. The lowest BCUT2D eigenvalue weighted by Crippen LogP contribution is -2.37. The molecule has 188 valence electrons. The zero-order valence-electron chi connectivity index (χ0n) is 21.2. The van der Waals surface area contributed by atoms with E-state index in [4.69, 9.17) is 19.8 Å². The van der Waals surface area contributed by atoms with Crippen LogP contribution in [0.15, 0.2) is 42.6 Å². The molecule has 0 amide bonds. The summed E-state index contributed by atoms with van der Waals surface area (Å²) in [6, 6.07) is 13.3. The Morgan fingerprint density at radius 3 is 2.72 bits per heavy atom. The molecule has 2 aliphatic rings. The molecule has 5 heterocycles. The van der Waals surface area contributed by atoms with Gasteiger partial charge in [-0.05, 0) is 45.6 Å². The highest BCUT2D eigenvalue weighted by Gasteiger charge is 2.25. The van der Waals surface area contributed by atoms with Gasteiger partial charge in [-0.2, -0.15) is 10.1 Å². The summed E-state index contributed by atoms with van der Waals surface area (Å²) in [7, 11) is 4.36. The molecule has 36 heavy (non-hydrogen) atoms. The number of rotatable bonds is 6. The standard InChI is InChI=1S/C27H33N7OS/c1-19-5-4-6-20(15-19)23-8-10-34(30-23)27-28-24-16-22(18-32-9-7-21(17-32)31(2)3)36-25(24)26(29-27)33-11-13-35-14-12-33/h4-6,8,10,15-16,21H,7,9,11-14,17-18H2,1-3H3. The summed E-state index contributed by atoms with van der Waals surface area (Å²) in [4.78, 5) is 18.6. The van der Waals surface area contributed by atoms with Crippen molar-refractivity contribution >= 4 is 27.4 Å². The average Bonchev–Trinajstić information content (AvgIpc) is 3.64. The molecule has 0 aliphatic carbocycles. The summed E-state index contributed by atoms with van der Waals surface area (Å²) in [5, 5.41) is 4.84. The molecule has 2 fully saturated rings. The minimum atomic E-state index is 0.612. The molecule has 1 unspecified atom stereocenters. The SMILES string of the molecule is Cc1cccc(-c2ccn(-c3nc(N4CCOCC4)c4sc(CN5CCC(N(C)C)C5)cc4n3)n2)c1. The molecular formula is C27H33N7OS. The topological polar surface area (TPSA) is 62.6 Å². The molecule has 1 aromatic carbocycles. The van der Waals surface area contributed by atoms with Gasteiger partial charge in [0.2, 0.25) is 0 Å². The van der Waals surface area contributed by atoms with Crippen molar-refractivity contribution < 1.29 is 4.74 Å². The summed E-state index contributed by atoms with van der Waals surface area (Å²) in [6.07, 6.45) is 3.18. The highest BCUT2D eigenvalue weighted by molar-refractivity contribution is 7.19. The number of nitrogens with zero attached hydrogens (tertiary/aromatic N) is 7. The van der Waals surface area contributed by atoms with E-state index in [9.17, 15) is 0 Å². The molecular weight excluding hydrogens is 470 g/mol. The molecule has 0 bridgehead atoms. The summed E-state index contributed by atoms with van der Waals surface area (Å²) in [5.74, 6) is 1.61. The van der Waals surface area contributed by atoms with Gasteiger partial charge in [0.05, 0.1) is 29.1 Å². The number of fused-ring (bicyclic) bond motifs is 1. The number of likely N-dealkylation sites (tertiary alicyclic amines) is 1. The fourth-order valence-electron chi connectivity index (χ4n) is 5.11. The van der Waals surface area contributed by atoms with Gasteiger partial charge in [-0.15, -0.1) is 11.3 Å². The Hall–Kier alpha value is -2.85. The average molecular weight is 504 g/mol. The first kappa shape index (κ1) is 23.5. The Labute approximate surface area is 216 Å². The first-order chi connectivity index (χ1) is 17.5. The fraction of sp³-hybridized carbons (Fsp3) is 0.444. The molecule has 8 nitrogen and oxygen atoms in total. The van der Waals surface area contributed by atoms with Crippen molar-refractivity contribution in [1.29, 1.82) is 0 Å². The summed E-state index contributed by atoms with van der Waals surface area (Å²) >= 11 is 1.83. The van der Waals surface area contributed by atoms with Crippen molar-refractivity contribution in [1.82, 2.24) is 29.5 Å². The number of aryl methyl sites for hydroxylation is 1. The van der Waals surface area contributed by atoms with Crippen LogP contribution in [0.3, 0.4) is 0 Å². The van der Waals surface area contributed by atoms with Crippen LogP contribution < -0.4 is 4.90 Å². The van der Waals surface area contributed by atoms with E-state index in [1.165, 1.54) is 16.9 Å². The van der Waals surface area contributed by atoms with Gasteiger partial charge in [0.1, 0.15) is 0 Å². The number of likely N-dealkylation sites (N-methyl/N-ethyl adjacent to an activating group) is 1. The van der Waals surface area contributed by atoms with Gasteiger partial charge in [-0.1, -0.05) is 23.8 Å². The maximum absolute atomic E-state index is 5.62. The Bertz CT molecular complexity index is 1360. The van der Waals surface area contributed by atoms with E-state index in [1.54, 1.807) is 4.68 Å². The zero-order chi connectivity index (χ0) is 24.6. The van der Waals surface area contributed by atoms with Gasteiger partial charge in [0.25, 0.3) is 5.95 Å². The number of morpholine rings is 1. The van der Waals surface area contributed by atoms with Crippen molar-refractivity contribution in [2.75, 3.05) is 58.4 Å². The van der Waals surface area contributed by atoms with Crippen LogP contribution in [0.5, 0.6) is 0 Å². The number of thiophene rings is 1. The number of aromatic nitrogens is 4. The van der Waals surface area contributed by atoms with E-state index < -0.39 is 0 Å². The van der Waals surface area contributed by atoms with Crippen LogP contribution in [0.2, 0.25) is 0 Å². The molecule has 0 radical (unpaired) electrons. The van der Waals surface area contributed by atoms with Crippen LogP contribution in [0, 0.1) is 6.92 Å². The Morgan fingerprint density at radius 1 is 1.08 bits per heavy atom. The van der Waals surface area contributed by atoms with E-state index in [0.717, 1.165) is 73.2 Å². The maximum Gasteiger partial charge on any atom is 0.253 e. The van der Waals surface area contributed by atoms with Crippen LogP contribution in [-0.4, -0.2) is 89.1 Å². The summed E-state index contributed by atoms with van der Waals surface area (Å²) in [5.41, 5.74) is 4.24. The van der Waals surface area contributed by atoms with Crippen LogP contribution >= 0.6 is 11.3 Å². The number of benzene rings is 1. The quantitative estimate of drug-likeness (QED) is 0.396. The van der Waals surface area contributed by atoms with E-state index in [1.807, 2.05) is 23.6 Å². The number of hydrogen-bond donors (Lipinski definition) is 0. The minimum Gasteiger partial charge on any atom is -0.378 e. The lowest BCUT2D eigenvalue weighted by atomic mass is 10.1. The molecule has 0 saturated carbocycles. The number of anilines is 1. The molecule has 0 spiro atoms. The first-order valence-electron chi connectivity index (χ1n) is 12.7. The second-order valence-electron chi connectivity index (χ2n) is 10.0. The monoisotopic (exact) mass is 503 g/mol. The third kappa shape index (κ3) is 4.76. The lowest BCUT2D eigenvalue weighted by Gasteiger charge is -2.28. The first-order valence-corrected chi connectivity index (χ1v) is 13.5. The van der Waals surface area contributed by atoms with E-state index in [2.05, 4.69) is 66.1 Å². The number of hydrogen-bond acceptors (Lipinski definition) is 8. The lowest BCUT2D eigenvalue weighted by molar-refractivity contribution is 0.122. The van der Waals surface area contributed by atoms with Gasteiger partial charge in [0.15, 0.2) is 5.82 Å². The number of ether oxygens (including phenoxy) is 1. The van der Waals surface area contributed by atoms with E-state index in [-0.39, 0.29) is 0 Å². The van der Waals surface area contributed by atoms with Crippen molar-refractivity contribution in [2.45, 2.75) is 25.9 Å². The van der Waals surface area contributed by atoms with Gasteiger partial charge in [-0.25, -0.2) is 9.67 Å². The Balaban J connectivity index is 1.35. The molecule has 4 aromatic rings. The highest BCUT2D eigenvalue weighted by atomic mass is 32.1. The largest absolute Gasteiger partial charge is 0.378 e. The third-order valence-corrected chi connectivity index (χ3v) is 8.27. The second kappa shape index (κ2) is 9.89. The van der Waals surface area contributed by atoms with E-state index in [0.29, 0.717) is 12.0 Å². The minimum absolute atomic E-state index is 0.612. The van der Waals surface area contributed by atoms with Crippen molar-refractivity contribution in [3.63, 3.8) is 0 Å². The molecule has 6 rings (SSSR count). The predicted octanol–water partition coefficient (Wildman–Crippen LogP) is 3.82.